The standard InChI is InChI=1S/C10H18N4/c1-10(2,3)8-4-5-9(14-13-8)12-7-6-11/h4-5H,6-7,11H2,1-3H3,(H,12,14). The fourth-order valence-corrected chi connectivity index (χ4v) is 1.03. The molecule has 0 saturated heterocycles. The highest BCUT2D eigenvalue weighted by atomic mass is 15.2. The third-order valence-corrected chi connectivity index (χ3v) is 1.88. The van der Waals surface area contributed by atoms with E-state index in [0.717, 1.165) is 18.1 Å². The van der Waals surface area contributed by atoms with E-state index in [4.69, 9.17) is 5.73 Å². The molecule has 0 aliphatic heterocycles. The molecule has 0 aliphatic rings. The average molecular weight is 194 g/mol. The molecule has 0 aliphatic carbocycles. The summed E-state index contributed by atoms with van der Waals surface area (Å²) in [5, 5.41) is 11.3. The van der Waals surface area contributed by atoms with E-state index in [0.29, 0.717) is 6.54 Å². The lowest BCUT2D eigenvalue weighted by Gasteiger charge is -2.16. The van der Waals surface area contributed by atoms with E-state index in [9.17, 15) is 0 Å². The monoisotopic (exact) mass is 194 g/mol. The van der Waals surface area contributed by atoms with E-state index in [-0.39, 0.29) is 5.41 Å². The van der Waals surface area contributed by atoms with Gasteiger partial charge >= 0.3 is 0 Å². The molecule has 0 saturated carbocycles. The van der Waals surface area contributed by atoms with Gasteiger partial charge in [0.25, 0.3) is 0 Å². The SMILES string of the molecule is CC(C)(C)c1ccc(NCCN)nn1. The Hall–Kier alpha value is -1.16. The van der Waals surface area contributed by atoms with Gasteiger partial charge in [0, 0.05) is 18.5 Å². The second-order valence-electron chi connectivity index (χ2n) is 4.27. The molecule has 0 aromatic carbocycles. The van der Waals surface area contributed by atoms with Crippen molar-refractivity contribution < 1.29 is 0 Å². The molecule has 4 heteroatoms. The number of nitrogens with one attached hydrogen (secondary N) is 1. The van der Waals surface area contributed by atoms with Crippen molar-refractivity contribution in [2.45, 2.75) is 26.2 Å². The van der Waals surface area contributed by atoms with Crippen molar-refractivity contribution in [2.24, 2.45) is 5.73 Å². The molecule has 1 heterocycles. The summed E-state index contributed by atoms with van der Waals surface area (Å²) >= 11 is 0. The number of rotatable bonds is 3. The highest BCUT2D eigenvalue weighted by Gasteiger charge is 2.15. The topological polar surface area (TPSA) is 63.8 Å². The minimum atomic E-state index is 0.0550. The molecule has 78 valence electrons. The van der Waals surface area contributed by atoms with E-state index in [1.54, 1.807) is 0 Å². The summed E-state index contributed by atoms with van der Waals surface area (Å²) in [5.74, 6) is 0.781. The Balaban J connectivity index is 2.69. The van der Waals surface area contributed by atoms with Gasteiger partial charge in [0.15, 0.2) is 0 Å². The van der Waals surface area contributed by atoms with Crippen LogP contribution in [0.2, 0.25) is 0 Å². The summed E-state index contributed by atoms with van der Waals surface area (Å²) in [5.41, 5.74) is 6.42. The molecular weight excluding hydrogens is 176 g/mol. The van der Waals surface area contributed by atoms with Crippen LogP contribution in [-0.2, 0) is 5.41 Å². The zero-order valence-electron chi connectivity index (χ0n) is 9.04. The van der Waals surface area contributed by atoms with Crippen LogP contribution in [-0.4, -0.2) is 23.3 Å². The molecule has 0 unspecified atom stereocenters. The van der Waals surface area contributed by atoms with Gasteiger partial charge in [0.1, 0.15) is 5.82 Å². The minimum Gasteiger partial charge on any atom is -0.367 e. The van der Waals surface area contributed by atoms with Gasteiger partial charge in [-0.2, -0.15) is 5.10 Å². The van der Waals surface area contributed by atoms with Gasteiger partial charge in [-0.05, 0) is 12.1 Å². The third-order valence-electron chi connectivity index (χ3n) is 1.88. The van der Waals surface area contributed by atoms with Crippen LogP contribution in [0.5, 0.6) is 0 Å². The quantitative estimate of drug-likeness (QED) is 0.757. The summed E-state index contributed by atoms with van der Waals surface area (Å²) in [6.07, 6.45) is 0. The van der Waals surface area contributed by atoms with E-state index < -0.39 is 0 Å². The lowest BCUT2D eigenvalue weighted by Crippen LogP contribution is -2.17. The molecule has 1 aromatic rings. The first kappa shape index (κ1) is 10.9. The number of hydrogen-bond acceptors (Lipinski definition) is 4. The van der Waals surface area contributed by atoms with Crippen molar-refractivity contribution in [1.29, 1.82) is 0 Å². The van der Waals surface area contributed by atoms with Crippen molar-refractivity contribution in [2.75, 3.05) is 18.4 Å². The van der Waals surface area contributed by atoms with Crippen molar-refractivity contribution >= 4 is 5.82 Å². The Morgan fingerprint density at radius 3 is 2.43 bits per heavy atom. The smallest absolute Gasteiger partial charge is 0.148 e. The minimum absolute atomic E-state index is 0.0550. The van der Waals surface area contributed by atoms with Crippen LogP contribution >= 0.6 is 0 Å². The van der Waals surface area contributed by atoms with Crippen LogP contribution in [0.25, 0.3) is 0 Å². The Kier molecular flexibility index (Phi) is 3.41. The predicted molar refractivity (Wildman–Crippen MR) is 58.3 cm³/mol. The molecule has 0 amide bonds. The summed E-state index contributed by atoms with van der Waals surface area (Å²) in [7, 11) is 0. The maximum absolute atomic E-state index is 5.36. The van der Waals surface area contributed by atoms with E-state index >= 15 is 0 Å². The number of hydrogen-bond donors (Lipinski definition) is 2. The van der Waals surface area contributed by atoms with E-state index in [1.165, 1.54) is 0 Å². The maximum Gasteiger partial charge on any atom is 0.148 e. The van der Waals surface area contributed by atoms with Crippen molar-refractivity contribution in [3.63, 3.8) is 0 Å². The first-order valence-corrected chi connectivity index (χ1v) is 4.82. The Morgan fingerprint density at radius 2 is 2.00 bits per heavy atom. The molecule has 14 heavy (non-hydrogen) atoms. The van der Waals surface area contributed by atoms with Crippen molar-refractivity contribution in [3.8, 4) is 0 Å². The Labute approximate surface area is 84.9 Å². The lowest BCUT2D eigenvalue weighted by molar-refractivity contribution is 0.559. The first-order valence-electron chi connectivity index (χ1n) is 4.82. The molecule has 0 atom stereocenters. The largest absolute Gasteiger partial charge is 0.367 e. The van der Waals surface area contributed by atoms with Gasteiger partial charge in [0.05, 0.1) is 5.69 Å². The zero-order chi connectivity index (χ0) is 10.6. The molecular formula is C10H18N4. The zero-order valence-corrected chi connectivity index (χ0v) is 9.04. The maximum atomic E-state index is 5.36. The van der Waals surface area contributed by atoms with Crippen LogP contribution < -0.4 is 11.1 Å². The molecule has 0 radical (unpaired) electrons. The summed E-state index contributed by atoms with van der Waals surface area (Å²) in [6.45, 7) is 7.67. The second kappa shape index (κ2) is 4.37. The van der Waals surface area contributed by atoms with Gasteiger partial charge in [-0.15, -0.1) is 5.10 Å². The highest BCUT2D eigenvalue weighted by molar-refractivity contribution is 5.33. The lowest BCUT2D eigenvalue weighted by atomic mass is 9.92. The van der Waals surface area contributed by atoms with Crippen LogP contribution in [0.3, 0.4) is 0 Å². The van der Waals surface area contributed by atoms with Gasteiger partial charge < -0.3 is 11.1 Å². The van der Waals surface area contributed by atoms with Crippen molar-refractivity contribution in [1.82, 2.24) is 10.2 Å². The van der Waals surface area contributed by atoms with Gasteiger partial charge in [0.2, 0.25) is 0 Å². The molecule has 4 nitrogen and oxygen atoms in total. The molecule has 0 spiro atoms. The van der Waals surface area contributed by atoms with Gasteiger partial charge in [-0.3, -0.25) is 0 Å². The first-order chi connectivity index (χ1) is 6.54. The Bertz CT molecular complexity index is 273. The van der Waals surface area contributed by atoms with Gasteiger partial charge in [-0.1, -0.05) is 20.8 Å². The summed E-state index contributed by atoms with van der Waals surface area (Å²) < 4.78 is 0. The second-order valence-corrected chi connectivity index (χ2v) is 4.27. The molecule has 0 bridgehead atoms. The van der Waals surface area contributed by atoms with Crippen LogP contribution in [0.15, 0.2) is 12.1 Å². The number of anilines is 1. The summed E-state index contributed by atoms with van der Waals surface area (Å²) in [4.78, 5) is 0. The van der Waals surface area contributed by atoms with Gasteiger partial charge in [-0.25, -0.2) is 0 Å². The summed E-state index contributed by atoms with van der Waals surface area (Å²) in [6, 6.07) is 3.93. The molecule has 1 aromatic heterocycles. The fourth-order valence-electron chi connectivity index (χ4n) is 1.03. The number of nitrogens with two attached hydrogens (primary N) is 1. The number of aromatic nitrogens is 2. The van der Waals surface area contributed by atoms with Crippen molar-refractivity contribution in [3.05, 3.63) is 17.8 Å². The van der Waals surface area contributed by atoms with Crippen LogP contribution in [0.1, 0.15) is 26.5 Å². The van der Waals surface area contributed by atoms with E-state index in [1.807, 2.05) is 12.1 Å². The predicted octanol–water partition coefficient (Wildman–Crippen LogP) is 1.14. The molecule has 1 rings (SSSR count). The normalized spacial score (nSPS) is 11.4. The average Bonchev–Trinajstić information content (AvgIpc) is 2.14. The molecule has 0 fully saturated rings. The Morgan fingerprint density at radius 1 is 1.29 bits per heavy atom. The molecule has 3 N–H and O–H groups in total. The third kappa shape index (κ3) is 2.96. The fraction of sp³-hybridized carbons (Fsp3) is 0.600. The highest BCUT2D eigenvalue weighted by Crippen LogP contribution is 2.19. The van der Waals surface area contributed by atoms with Crippen LogP contribution in [0, 0.1) is 0 Å². The van der Waals surface area contributed by atoms with E-state index in [2.05, 4.69) is 36.3 Å². The van der Waals surface area contributed by atoms with Crippen LogP contribution in [0.4, 0.5) is 5.82 Å². The number of nitrogens with zero attached hydrogens (tertiary/aromatic N) is 2.